The molecule has 0 saturated carbocycles. The highest BCUT2D eigenvalue weighted by Gasteiger charge is 2.21. The summed E-state index contributed by atoms with van der Waals surface area (Å²) in [5, 5.41) is 19.0. The van der Waals surface area contributed by atoms with Gasteiger partial charge in [0, 0.05) is 71.7 Å². The number of hydrogen-bond acceptors (Lipinski definition) is 8. The van der Waals surface area contributed by atoms with E-state index in [-0.39, 0.29) is 18.5 Å². The molecular formula is C33H33Cl2N5O5. The number of benzene rings is 2. The van der Waals surface area contributed by atoms with Crippen LogP contribution in [0.2, 0.25) is 10.0 Å². The van der Waals surface area contributed by atoms with Crippen molar-refractivity contribution in [2.75, 3.05) is 27.3 Å². The predicted octanol–water partition coefficient (Wildman–Crippen LogP) is 5.34. The van der Waals surface area contributed by atoms with Crippen LogP contribution in [0.1, 0.15) is 24.0 Å². The number of nitrogens with one attached hydrogen (secondary N) is 3. The molecule has 45 heavy (non-hydrogen) atoms. The topological polar surface area (TPSA) is 135 Å². The van der Waals surface area contributed by atoms with Crippen LogP contribution in [0.15, 0.2) is 60.8 Å². The standard InChI is InChI=1S/C33H33Cl2N5O5/c1-44-27-14-19(6-7-20(27)15-37-18-29(42)43)32-31(35)24(12-13-38-32)23-4-3-5-25(30(23)34)26-10-8-21(33(40-26)45-2)16-36-17-22-9-11-28(41)39-22/h3-8,10,12-14,22,36-37H,9,11,15-18H2,1-2H3,(H,39,41)(H,42,43). The van der Waals surface area contributed by atoms with Crippen molar-refractivity contribution in [1.29, 1.82) is 0 Å². The number of amides is 1. The first-order chi connectivity index (χ1) is 21.8. The van der Waals surface area contributed by atoms with Gasteiger partial charge < -0.3 is 30.5 Å². The number of aliphatic carboxylic acids is 1. The molecule has 0 radical (unpaired) electrons. The Labute approximate surface area is 271 Å². The largest absolute Gasteiger partial charge is 0.496 e. The van der Waals surface area contributed by atoms with Gasteiger partial charge in [0.05, 0.1) is 42.2 Å². The van der Waals surface area contributed by atoms with Crippen LogP contribution in [0.5, 0.6) is 11.6 Å². The van der Waals surface area contributed by atoms with Crippen LogP contribution >= 0.6 is 23.2 Å². The minimum Gasteiger partial charge on any atom is -0.496 e. The third kappa shape index (κ3) is 7.54. The number of carbonyl (C=O) groups excluding carboxylic acids is 1. The van der Waals surface area contributed by atoms with Crippen molar-refractivity contribution in [3.63, 3.8) is 0 Å². The van der Waals surface area contributed by atoms with Crippen molar-refractivity contribution in [1.82, 2.24) is 25.9 Å². The lowest BCUT2D eigenvalue weighted by atomic mass is 9.99. The van der Waals surface area contributed by atoms with Gasteiger partial charge in [-0.15, -0.1) is 0 Å². The van der Waals surface area contributed by atoms with Gasteiger partial charge in [-0.25, -0.2) is 4.98 Å². The van der Waals surface area contributed by atoms with Crippen LogP contribution in [-0.2, 0) is 22.7 Å². The number of ether oxygens (including phenoxy) is 2. The zero-order valence-corrected chi connectivity index (χ0v) is 26.3. The fraction of sp³-hybridized carbons (Fsp3) is 0.273. The summed E-state index contributed by atoms with van der Waals surface area (Å²) in [6.07, 6.45) is 3.07. The van der Waals surface area contributed by atoms with E-state index in [1.165, 1.54) is 0 Å². The highest BCUT2D eigenvalue weighted by Crippen LogP contribution is 2.42. The number of methoxy groups -OCH3 is 2. The number of carboxylic acid groups (broad SMARTS) is 1. The minimum absolute atomic E-state index is 0.0900. The smallest absolute Gasteiger partial charge is 0.317 e. The Morgan fingerprint density at radius 2 is 1.73 bits per heavy atom. The van der Waals surface area contributed by atoms with Gasteiger partial charge in [0.25, 0.3) is 0 Å². The summed E-state index contributed by atoms with van der Waals surface area (Å²) in [6, 6.07) is 17.0. The van der Waals surface area contributed by atoms with Crippen LogP contribution in [0.4, 0.5) is 0 Å². The molecule has 0 aliphatic carbocycles. The first kappa shape index (κ1) is 32.2. The molecule has 1 unspecified atom stereocenters. The molecule has 0 bridgehead atoms. The first-order valence-corrected chi connectivity index (χ1v) is 15.1. The van der Waals surface area contributed by atoms with Crippen molar-refractivity contribution in [2.45, 2.75) is 32.0 Å². The van der Waals surface area contributed by atoms with Gasteiger partial charge in [-0.2, -0.15) is 0 Å². The van der Waals surface area contributed by atoms with Gasteiger partial charge in [0.1, 0.15) is 5.75 Å². The number of carbonyl (C=O) groups is 2. The molecule has 12 heteroatoms. The summed E-state index contributed by atoms with van der Waals surface area (Å²) in [5.41, 5.74) is 5.76. The SMILES string of the molecule is COc1cc(-c2nccc(-c3cccc(-c4ccc(CNCC5CCC(=O)N5)c(OC)n4)c3Cl)c2Cl)ccc1CNCC(=O)O. The lowest BCUT2D eigenvalue weighted by Crippen LogP contribution is -2.35. The van der Waals surface area contributed by atoms with E-state index in [2.05, 4.69) is 20.9 Å². The Hall–Kier alpha value is -4.22. The average molecular weight is 651 g/mol. The Morgan fingerprint density at radius 1 is 0.978 bits per heavy atom. The van der Waals surface area contributed by atoms with Gasteiger partial charge in [-0.05, 0) is 24.6 Å². The normalized spacial score (nSPS) is 14.3. The molecule has 2 aromatic heterocycles. The summed E-state index contributed by atoms with van der Waals surface area (Å²) in [6.45, 7) is 1.37. The second kappa shape index (κ2) is 14.7. The van der Waals surface area contributed by atoms with Crippen LogP contribution in [0.3, 0.4) is 0 Å². The van der Waals surface area contributed by atoms with Crippen molar-refractivity contribution >= 4 is 35.1 Å². The number of aromatic nitrogens is 2. The van der Waals surface area contributed by atoms with E-state index < -0.39 is 5.97 Å². The van der Waals surface area contributed by atoms with E-state index in [9.17, 15) is 9.59 Å². The number of carboxylic acids is 1. The van der Waals surface area contributed by atoms with E-state index in [1.807, 2.05) is 54.6 Å². The van der Waals surface area contributed by atoms with Crippen molar-refractivity contribution < 1.29 is 24.2 Å². The highest BCUT2D eigenvalue weighted by molar-refractivity contribution is 6.39. The molecule has 1 saturated heterocycles. The van der Waals surface area contributed by atoms with E-state index in [4.69, 9.17) is 42.8 Å². The van der Waals surface area contributed by atoms with Gasteiger partial charge in [0.2, 0.25) is 11.8 Å². The van der Waals surface area contributed by atoms with Gasteiger partial charge >= 0.3 is 5.97 Å². The number of hydrogen-bond donors (Lipinski definition) is 4. The van der Waals surface area contributed by atoms with Crippen LogP contribution in [0.25, 0.3) is 33.6 Å². The van der Waals surface area contributed by atoms with Crippen molar-refractivity contribution in [3.8, 4) is 45.3 Å². The molecule has 4 N–H and O–H groups in total. The lowest BCUT2D eigenvalue weighted by Gasteiger charge is -2.16. The molecule has 3 heterocycles. The maximum absolute atomic E-state index is 11.5. The fourth-order valence-electron chi connectivity index (χ4n) is 5.27. The number of nitrogens with zero attached hydrogens (tertiary/aromatic N) is 2. The summed E-state index contributed by atoms with van der Waals surface area (Å²) < 4.78 is 11.2. The molecule has 5 rings (SSSR count). The van der Waals surface area contributed by atoms with Gasteiger partial charge in [0.15, 0.2) is 0 Å². The second-order valence-corrected chi connectivity index (χ2v) is 11.3. The number of rotatable bonds is 13. The number of pyridine rings is 2. The minimum atomic E-state index is -0.937. The van der Waals surface area contributed by atoms with Gasteiger partial charge in [-0.1, -0.05) is 59.6 Å². The van der Waals surface area contributed by atoms with E-state index in [0.717, 1.165) is 34.2 Å². The highest BCUT2D eigenvalue weighted by atomic mass is 35.5. The quantitative estimate of drug-likeness (QED) is 0.151. The third-order valence-corrected chi connectivity index (χ3v) is 8.32. The summed E-state index contributed by atoms with van der Waals surface area (Å²) in [4.78, 5) is 31.6. The molecule has 4 aromatic rings. The molecule has 1 amide bonds. The van der Waals surface area contributed by atoms with Crippen molar-refractivity contribution in [3.05, 3.63) is 82.0 Å². The Bertz CT molecular complexity index is 1720. The molecule has 10 nitrogen and oxygen atoms in total. The Balaban J connectivity index is 1.39. The molecule has 1 aliphatic heterocycles. The zero-order chi connectivity index (χ0) is 31.9. The number of halogens is 2. The molecular weight excluding hydrogens is 617 g/mol. The Morgan fingerprint density at radius 3 is 2.47 bits per heavy atom. The van der Waals surface area contributed by atoms with Gasteiger partial charge in [-0.3, -0.25) is 14.6 Å². The monoisotopic (exact) mass is 649 g/mol. The third-order valence-electron chi connectivity index (χ3n) is 7.53. The van der Waals surface area contributed by atoms with E-state index in [1.54, 1.807) is 20.4 Å². The maximum Gasteiger partial charge on any atom is 0.317 e. The predicted molar refractivity (Wildman–Crippen MR) is 174 cm³/mol. The average Bonchev–Trinajstić information content (AvgIpc) is 3.46. The summed E-state index contributed by atoms with van der Waals surface area (Å²) in [7, 11) is 3.14. The molecule has 2 aromatic carbocycles. The lowest BCUT2D eigenvalue weighted by molar-refractivity contribution is -0.136. The molecule has 1 atom stereocenters. The first-order valence-electron chi connectivity index (χ1n) is 14.4. The second-order valence-electron chi connectivity index (χ2n) is 10.5. The summed E-state index contributed by atoms with van der Waals surface area (Å²) >= 11 is 14.0. The molecule has 1 aliphatic rings. The van der Waals surface area contributed by atoms with Crippen LogP contribution < -0.4 is 25.4 Å². The summed E-state index contributed by atoms with van der Waals surface area (Å²) in [5.74, 6) is 0.218. The van der Waals surface area contributed by atoms with Crippen LogP contribution in [-0.4, -0.2) is 60.3 Å². The van der Waals surface area contributed by atoms with Crippen molar-refractivity contribution in [2.24, 2.45) is 0 Å². The molecule has 0 spiro atoms. The zero-order valence-electron chi connectivity index (χ0n) is 24.8. The maximum atomic E-state index is 11.5. The fourth-order valence-corrected chi connectivity index (χ4v) is 5.92. The van der Waals surface area contributed by atoms with Crippen LogP contribution in [0, 0.1) is 0 Å². The molecule has 234 valence electrons. The molecule has 1 fully saturated rings. The van der Waals surface area contributed by atoms with E-state index in [0.29, 0.717) is 64.7 Å². The van der Waals surface area contributed by atoms with E-state index >= 15 is 0 Å². The Kier molecular flexibility index (Phi) is 10.5.